The predicted molar refractivity (Wildman–Crippen MR) is 109 cm³/mol. The van der Waals surface area contributed by atoms with Gasteiger partial charge < -0.3 is 19.2 Å². The highest BCUT2D eigenvalue weighted by molar-refractivity contribution is 5.83. The van der Waals surface area contributed by atoms with Crippen LogP contribution in [0.25, 0.3) is 11.0 Å². The van der Waals surface area contributed by atoms with Crippen LogP contribution in [0.4, 0.5) is 4.39 Å². The monoisotopic (exact) mass is 399 g/mol. The summed E-state index contributed by atoms with van der Waals surface area (Å²) >= 11 is 0. The third-order valence-corrected chi connectivity index (χ3v) is 5.25. The summed E-state index contributed by atoms with van der Waals surface area (Å²) in [6.07, 6.45) is 1.61. The van der Waals surface area contributed by atoms with E-state index in [1.54, 1.807) is 12.3 Å². The normalized spacial score (nSPS) is 16.0. The molecule has 0 aliphatic carbocycles. The molecule has 1 aromatic carbocycles. The van der Waals surface area contributed by atoms with Gasteiger partial charge in [0.2, 0.25) is 0 Å². The van der Waals surface area contributed by atoms with E-state index in [1.165, 1.54) is 12.1 Å². The summed E-state index contributed by atoms with van der Waals surface area (Å²) in [6, 6.07) is 6.51. The SMILES string of the molecule is CCNC(=NCc1oc2ccc(F)cc2c1C)N1CCN(Cc2ccon2)CC1. The van der Waals surface area contributed by atoms with E-state index < -0.39 is 0 Å². The summed E-state index contributed by atoms with van der Waals surface area (Å²) in [5.74, 6) is 1.39. The smallest absolute Gasteiger partial charge is 0.194 e. The molecule has 1 fully saturated rings. The fraction of sp³-hybridized carbons (Fsp3) is 0.429. The standard InChI is InChI=1S/C21H26FN5O2/c1-3-23-21(27-9-7-26(8-10-27)14-17-6-11-28-25-17)24-13-20-15(2)18-12-16(22)4-5-19(18)29-20/h4-6,11-12H,3,7-10,13-14H2,1-2H3,(H,23,24). The van der Waals surface area contributed by atoms with Crippen LogP contribution < -0.4 is 5.32 Å². The van der Waals surface area contributed by atoms with Gasteiger partial charge in [0.25, 0.3) is 0 Å². The van der Waals surface area contributed by atoms with E-state index in [9.17, 15) is 4.39 Å². The fourth-order valence-corrected chi connectivity index (χ4v) is 3.63. The summed E-state index contributed by atoms with van der Waals surface area (Å²) in [4.78, 5) is 9.41. The summed E-state index contributed by atoms with van der Waals surface area (Å²) in [5.41, 5.74) is 2.59. The highest BCUT2D eigenvalue weighted by atomic mass is 19.1. The van der Waals surface area contributed by atoms with E-state index in [0.717, 1.165) is 67.6 Å². The van der Waals surface area contributed by atoms with Crippen LogP contribution in [0.5, 0.6) is 0 Å². The molecule has 4 rings (SSSR count). The van der Waals surface area contributed by atoms with E-state index in [2.05, 4.69) is 27.2 Å². The van der Waals surface area contributed by atoms with Crippen molar-refractivity contribution in [3.05, 3.63) is 53.4 Å². The minimum atomic E-state index is -0.256. The third-order valence-electron chi connectivity index (χ3n) is 5.25. The van der Waals surface area contributed by atoms with Gasteiger partial charge in [-0.15, -0.1) is 0 Å². The number of rotatable bonds is 5. The van der Waals surface area contributed by atoms with Crippen LogP contribution in [0.2, 0.25) is 0 Å². The second-order valence-electron chi connectivity index (χ2n) is 7.21. The molecule has 2 aromatic heterocycles. The number of benzene rings is 1. The maximum absolute atomic E-state index is 13.5. The number of guanidine groups is 1. The van der Waals surface area contributed by atoms with Crippen LogP contribution in [-0.4, -0.2) is 53.6 Å². The van der Waals surface area contributed by atoms with Gasteiger partial charge in [0.1, 0.15) is 30.0 Å². The minimum Gasteiger partial charge on any atom is -0.459 e. The van der Waals surface area contributed by atoms with Crippen LogP contribution in [0.15, 0.2) is 44.5 Å². The molecular weight excluding hydrogens is 373 g/mol. The van der Waals surface area contributed by atoms with Crippen molar-refractivity contribution in [1.29, 1.82) is 0 Å². The lowest BCUT2D eigenvalue weighted by atomic mass is 10.1. The van der Waals surface area contributed by atoms with Gasteiger partial charge in [0, 0.05) is 56.3 Å². The van der Waals surface area contributed by atoms with Crippen LogP contribution in [-0.2, 0) is 13.1 Å². The molecule has 154 valence electrons. The average Bonchev–Trinajstić information content (AvgIpc) is 3.34. The minimum absolute atomic E-state index is 0.256. The Kier molecular flexibility index (Phi) is 5.80. The molecule has 0 unspecified atom stereocenters. The van der Waals surface area contributed by atoms with Crippen LogP contribution in [0.1, 0.15) is 23.9 Å². The van der Waals surface area contributed by atoms with Gasteiger partial charge in [-0.1, -0.05) is 5.16 Å². The first-order valence-corrected chi connectivity index (χ1v) is 9.96. The Morgan fingerprint density at radius 1 is 1.24 bits per heavy atom. The van der Waals surface area contributed by atoms with Crippen LogP contribution in [0, 0.1) is 12.7 Å². The molecule has 3 heterocycles. The molecular formula is C21H26FN5O2. The maximum Gasteiger partial charge on any atom is 0.194 e. The molecule has 0 bridgehead atoms. The van der Waals surface area contributed by atoms with Gasteiger partial charge in [-0.3, -0.25) is 4.90 Å². The van der Waals surface area contributed by atoms with Gasteiger partial charge in [-0.25, -0.2) is 9.38 Å². The van der Waals surface area contributed by atoms with Gasteiger partial charge in [-0.05, 0) is 32.0 Å². The van der Waals surface area contributed by atoms with E-state index in [4.69, 9.17) is 13.9 Å². The molecule has 0 amide bonds. The zero-order chi connectivity index (χ0) is 20.2. The van der Waals surface area contributed by atoms with Crippen molar-refractivity contribution in [2.45, 2.75) is 26.9 Å². The van der Waals surface area contributed by atoms with Crippen molar-refractivity contribution in [2.75, 3.05) is 32.7 Å². The van der Waals surface area contributed by atoms with E-state index in [0.29, 0.717) is 12.1 Å². The number of aryl methyl sites for hydroxylation is 1. The number of aromatic nitrogens is 1. The van der Waals surface area contributed by atoms with Crippen molar-refractivity contribution >= 4 is 16.9 Å². The van der Waals surface area contributed by atoms with Crippen molar-refractivity contribution in [2.24, 2.45) is 4.99 Å². The Labute approximate surface area is 169 Å². The van der Waals surface area contributed by atoms with E-state index >= 15 is 0 Å². The fourth-order valence-electron chi connectivity index (χ4n) is 3.63. The Morgan fingerprint density at radius 2 is 2.07 bits per heavy atom. The number of hydrogen-bond donors (Lipinski definition) is 1. The first kappa shape index (κ1) is 19.4. The number of halogens is 1. The molecule has 0 atom stereocenters. The zero-order valence-electron chi connectivity index (χ0n) is 16.8. The summed E-state index contributed by atoms with van der Waals surface area (Å²) < 4.78 is 24.3. The second-order valence-corrected chi connectivity index (χ2v) is 7.21. The van der Waals surface area contributed by atoms with Crippen molar-refractivity contribution < 1.29 is 13.3 Å². The maximum atomic E-state index is 13.5. The first-order chi connectivity index (χ1) is 14.1. The Morgan fingerprint density at radius 3 is 2.79 bits per heavy atom. The zero-order valence-corrected chi connectivity index (χ0v) is 16.8. The Hall–Kier alpha value is -2.87. The van der Waals surface area contributed by atoms with Crippen LogP contribution >= 0.6 is 0 Å². The molecule has 8 heteroatoms. The summed E-state index contributed by atoms with van der Waals surface area (Å²) in [7, 11) is 0. The number of nitrogens with zero attached hydrogens (tertiary/aromatic N) is 4. The average molecular weight is 399 g/mol. The lowest BCUT2D eigenvalue weighted by molar-refractivity contribution is 0.169. The molecule has 0 saturated carbocycles. The molecule has 1 aliphatic rings. The lowest BCUT2D eigenvalue weighted by Crippen LogP contribution is -2.52. The quantitative estimate of drug-likeness (QED) is 0.525. The molecule has 29 heavy (non-hydrogen) atoms. The largest absolute Gasteiger partial charge is 0.459 e. The Bertz CT molecular complexity index is 975. The summed E-state index contributed by atoms with van der Waals surface area (Å²) in [5, 5.41) is 8.17. The molecule has 0 spiro atoms. The molecule has 1 N–H and O–H groups in total. The van der Waals surface area contributed by atoms with E-state index in [1.807, 2.05) is 13.0 Å². The molecule has 0 radical (unpaired) electrons. The summed E-state index contributed by atoms with van der Waals surface area (Å²) in [6.45, 7) is 9.65. The molecule has 1 saturated heterocycles. The predicted octanol–water partition coefficient (Wildman–Crippen LogP) is 3.15. The number of nitrogens with one attached hydrogen (secondary N) is 1. The molecule has 7 nitrogen and oxygen atoms in total. The second kappa shape index (κ2) is 8.65. The van der Waals surface area contributed by atoms with Gasteiger partial charge >= 0.3 is 0 Å². The lowest BCUT2D eigenvalue weighted by Gasteiger charge is -2.36. The highest BCUT2D eigenvalue weighted by Gasteiger charge is 2.20. The number of furan rings is 1. The van der Waals surface area contributed by atoms with Gasteiger partial charge in [0.05, 0.1) is 5.69 Å². The number of aliphatic imine (C=N–C) groups is 1. The Balaban J connectivity index is 1.42. The van der Waals surface area contributed by atoms with Crippen molar-refractivity contribution in [1.82, 2.24) is 20.3 Å². The first-order valence-electron chi connectivity index (χ1n) is 9.96. The third kappa shape index (κ3) is 4.42. The molecule has 3 aromatic rings. The molecule has 1 aliphatic heterocycles. The van der Waals surface area contributed by atoms with E-state index in [-0.39, 0.29) is 5.82 Å². The van der Waals surface area contributed by atoms with Gasteiger partial charge in [-0.2, -0.15) is 0 Å². The number of fused-ring (bicyclic) bond motifs is 1. The van der Waals surface area contributed by atoms with Crippen molar-refractivity contribution in [3.8, 4) is 0 Å². The topological polar surface area (TPSA) is 70.0 Å². The number of hydrogen-bond acceptors (Lipinski definition) is 5. The van der Waals surface area contributed by atoms with Crippen LogP contribution in [0.3, 0.4) is 0 Å². The van der Waals surface area contributed by atoms with Crippen molar-refractivity contribution in [3.63, 3.8) is 0 Å². The highest BCUT2D eigenvalue weighted by Crippen LogP contribution is 2.26. The van der Waals surface area contributed by atoms with Gasteiger partial charge in [0.15, 0.2) is 5.96 Å². The number of piperazine rings is 1.